The smallest absolute Gasteiger partial charge is 0.243 e. The molecule has 3 rings (SSSR count). The molecule has 0 atom stereocenters. The van der Waals surface area contributed by atoms with E-state index in [2.05, 4.69) is 20.4 Å². The standard InChI is InChI=1S/C10H9N5S/c1-11-9-13-10-15(14-9)8(6-16-10)7-4-2-3-5-12-7/h2-6H,1H3,(H,11,14). The zero-order chi connectivity index (χ0) is 11.0. The molecule has 3 heterocycles. The SMILES string of the molecule is CNc1nc2scc(-c3ccccn3)n2n1. The molecule has 0 aliphatic heterocycles. The number of aromatic nitrogens is 4. The number of hydrogen-bond acceptors (Lipinski definition) is 5. The monoisotopic (exact) mass is 231 g/mol. The number of fused-ring (bicyclic) bond motifs is 1. The van der Waals surface area contributed by atoms with Gasteiger partial charge < -0.3 is 5.32 Å². The van der Waals surface area contributed by atoms with Crippen LogP contribution in [0.25, 0.3) is 16.3 Å². The summed E-state index contributed by atoms with van der Waals surface area (Å²) in [5, 5.41) is 9.27. The van der Waals surface area contributed by atoms with Gasteiger partial charge in [-0.25, -0.2) is 0 Å². The molecule has 0 saturated carbocycles. The van der Waals surface area contributed by atoms with E-state index >= 15 is 0 Å². The third-order valence-corrected chi connectivity index (χ3v) is 3.05. The van der Waals surface area contributed by atoms with E-state index in [1.807, 2.05) is 23.6 Å². The first-order valence-corrected chi connectivity index (χ1v) is 5.70. The summed E-state index contributed by atoms with van der Waals surface area (Å²) in [4.78, 5) is 9.48. The van der Waals surface area contributed by atoms with Crippen molar-refractivity contribution in [2.75, 3.05) is 12.4 Å². The Morgan fingerprint density at radius 2 is 2.31 bits per heavy atom. The molecule has 80 valence electrons. The predicted molar refractivity (Wildman–Crippen MR) is 63.6 cm³/mol. The average molecular weight is 231 g/mol. The number of nitrogens with zero attached hydrogens (tertiary/aromatic N) is 4. The van der Waals surface area contributed by atoms with Crippen molar-refractivity contribution in [1.29, 1.82) is 0 Å². The van der Waals surface area contributed by atoms with Gasteiger partial charge in [-0.2, -0.15) is 9.50 Å². The van der Waals surface area contributed by atoms with Crippen LogP contribution in [0.1, 0.15) is 0 Å². The van der Waals surface area contributed by atoms with E-state index in [4.69, 9.17) is 0 Å². The molecule has 0 bridgehead atoms. The van der Waals surface area contributed by atoms with E-state index in [9.17, 15) is 0 Å². The Labute approximate surface area is 95.8 Å². The van der Waals surface area contributed by atoms with Gasteiger partial charge in [0.1, 0.15) is 5.69 Å². The third-order valence-electron chi connectivity index (χ3n) is 2.23. The van der Waals surface area contributed by atoms with Crippen LogP contribution in [-0.2, 0) is 0 Å². The number of hydrogen-bond donors (Lipinski definition) is 1. The lowest BCUT2D eigenvalue weighted by molar-refractivity contribution is 0.979. The number of anilines is 1. The van der Waals surface area contributed by atoms with Crippen LogP contribution in [0.4, 0.5) is 5.95 Å². The molecule has 0 amide bonds. The fourth-order valence-electron chi connectivity index (χ4n) is 1.48. The Morgan fingerprint density at radius 1 is 1.38 bits per heavy atom. The van der Waals surface area contributed by atoms with Crippen LogP contribution in [0.2, 0.25) is 0 Å². The van der Waals surface area contributed by atoms with Gasteiger partial charge in [-0.15, -0.1) is 16.4 Å². The lowest BCUT2D eigenvalue weighted by Gasteiger charge is -1.95. The topological polar surface area (TPSA) is 55.1 Å². The van der Waals surface area contributed by atoms with Crippen molar-refractivity contribution in [3.8, 4) is 11.4 Å². The summed E-state index contributed by atoms with van der Waals surface area (Å²) >= 11 is 1.55. The lowest BCUT2D eigenvalue weighted by Crippen LogP contribution is -1.93. The van der Waals surface area contributed by atoms with Gasteiger partial charge in [-0.3, -0.25) is 4.98 Å². The van der Waals surface area contributed by atoms with Gasteiger partial charge in [-0.1, -0.05) is 6.07 Å². The molecule has 6 heteroatoms. The molecule has 0 radical (unpaired) electrons. The van der Waals surface area contributed by atoms with E-state index in [1.165, 1.54) is 0 Å². The number of nitrogens with one attached hydrogen (secondary N) is 1. The zero-order valence-corrected chi connectivity index (χ0v) is 9.40. The van der Waals surface area contributed by atoms with E-state index in [0.29, 0.717) is 5.95 Å². The molecule has 0 aromatic carbocycles. The van der Waals surface area contributed by atoms with Crippen molar-refractivity contribution in [3.63, 3.8) is 0 Å². The molecular weight excluding hydrogens is 222 g/mol. The van der Waals surface area contributed by atoms with Crippen LogP contribution in [0.3, 0.4) is 0 Å². The third kappa shape index (κ3) is 1.35. The van der Waals surface area contributed by atoms with Crippen molar-refractivity contribution in [1.82, 2.24) is 19.6 Å². The van der Waals surface area contributed by atoms with Gasteiger partial charge in [-0.05, 0) is 12.1 Å². The second-order valence-electron chi connectivity index (χ2n) is 3.22. The van der Waals surface area contributed by atoms with Gasteiger partial charge in [0.05, 0.1) is 5.69 Å². The highest BCUT2D eigenvalue weighted by Crippen LogP contribution is 2.23. The molecule has 1 N–H and O–H groups in total. The quantitative estimate of drug-likeness (QED) is 0.731. The fraction of sp³-hybridized carbons (Fsp3) is 0.100. The molecule has 0 unspecified atom stereocenters. The van der Waals surface area contributed by atoms with Crippen LogP contribution < -0.4 is 5.32 Å². The molecule has 0 aliphatic rings. The first kappa shape index (κ1) is 9.29. The van der Waals surface area contributed by atoms with Crippen LogP contribution in [0.5, 0.6) is 0 Å². The van der Waals surface area contributed by atoms with E-state index in [1.54, 1.807) is 29.1 Å². The predicted octanol–water partition coefficient (Wildman–Crippen LogP) is 1.89. The second-order valence-corrected chi connectivity index (χ2v) is 4.05. The highest BCUT2D eigenvalue weighted by Gasteiger charge is 2.10. The van der Waals surface area contributed by atoms with Gasteiger partial charge >= 0.3 is 0 Å². The molecule has 5 nitrogen and oxygen atoms in total. The minimum Gasteiger partial charge on any atom is -0.356 e. The molecule has 16 heavy (non-hydrogen) atoms. The van der Waals surface area contributed by atoms with E-state index < -0.39 is 0 Å². The van der Waals surface area contributed by atoms with Crippen LogP contribution in [0, 0.1) is 0 Å². The number of pyridine rings is 1. The molecule has 0 aliphatic carbocycles. The Kier molecular flexibility index (Phi) is 2.07. The lowest BCUT2D eigenvalue weighted by atomic mass is 10.3. The number of rotatable bonds is 2. The average Bonchev–Trinajstić information content (AvgIpc) is 2.88. The molecule has 0 fully saturated rings. The Hall–Kier alpha value is -1.95. The van der Waals surface area contributed by atoms with Gasteiger partial charge in [0.2, 0.25) is 10.9 Å². The van der Waals surface area contributed by atoms with Gasteiger partial charge in [0, 0.05) is 18.6 Å². The Bertz CT molecular complexity index is 612. The van der Waals surface area contributed by atoms with Gasteiger partial charge in [0.15, 0.2) is 0 Å². The van der Waals surface area contributed by atoms with Crippen molar-refractivity contribution >= 4 is 22.2 Å². The van der Waals surface area contributed by atoms with E-state index in [-0.39, 0.29) is 0 Å². The first-order valence-electron chi connectivity index (χ1n) is 4.82. The minimum atomic E-state index is 0.629. The summed E-state index contributed by atoms with van der Waals surface area (Å²) in [6.07, 6.45) is 1.77. The maximum Gasteiger partial charge on any atom is 0.243 e. The van der Waals surface area contributed by atoms with Gasteiger partial charge in [0.25, 0.3) is 0 Å². The second kappa shape index (κ2) is 3.57. The van der Waals surface area contributed by atoms with Crippen LogP contribution in [0.15, 0.2) is 29.8 Å². The van der Waals surface area contributed by atoms with Crippen molar-refractivity contribution in [2.24, 2.45) is 0 Å². The Morgan fingerprint density at radius 3 is 3.06 bits per heavy atom. The summed E-state index contributed by atoms with van der Waals surface area (Å²) in [6, 6.07) is 5.82. The molecule has 3 aromatic rings. The highest BCUT2D eigenvalue weighted by atomic mass is 32.1. The Balaban J connectivity index is 2.20. The normalized spacial score (nSPS) is 10.8. The molecule has 3 aromatic heterocycles. The minimum absolute atomic E-state index is 0.629. The summed E-state index contributed by atoms with van der Waals surface area (Å²) < 4.78 is 1.80. The molecule has 0 spiro atoms. The van der Waals surface area contributed by atoms with Crippen molar-refractivity contribution in [3.05, 3.63) is 29.8 Å². The molecule has 0 saturated heterocycles. The van der Waals surface area contributed by atoms with Crippen LogP contribution >= 0.6 is 11.3 Å². The maximum absolute atomic E-state index is 4.33. The zero-order valence-electron chi connectivity index (χ0n) is 8.58. The molecular formula is C10H9N5S. The fourth-order valence-corrected chi connectivity index (χ4v) is 2.29. The summed E-state index contributed by atoms with van der Waals surface area (Å²) in [5.41, 5.74) is 1.87. The summed E-state index contributed by atoms with van der Waals surface area (Å²) in [5.74, 6) is 0.629. The summed E-state index contributed by atoms with van der Waals surface area (Å²) in [6.45, 7) is 0. The first-order chi connectivity index (χ1) is 7.88. The van der Waals surface area contributed by atoms with Crippen LogP contribution in [-0.4, -0.2) is 26.6 Å². The number of thiazole rings is 1. The van der Waals surface area contributed by atoms with Crippen molar-refractivity contribution < 1.29 is 0 Å². The highest BCUT2D eigenvalue weighted by molar-refractivity contribution is 7.15. The summed E-state index contributed by atoms with van der Waals surface area (Å²) in [7, 11) is 1.81. The maximum atomic E-state index is 4.33. The van der Waals surface area contributed by atoms with E-state index in [0.717, 1.165) is 16.3 Å². The largest absolute Gasteiger partial charge is 0.356 e. The van der Waals surface area contributed by atoms with Crippen molar-refractivity contribution in [2.45, 2.75) is 0 Å².